The number of hydrogen-bond donors (Lipinski definition) is 1. The Morgan fingerprint density at radius 2 is 1.76 bits per heavy atom. The molecule has 138 valence electrons. The van der Waals surface area contributed by atoms with Gasteiger partial charge in [0.2, 0.25) is 10.0 Å². The Kier molecular flexibility index (Phi) is 6.09. The van der Waals surface area contributed by atoms with Gasteiger partial charge in [0.25, 0.3) is 0 Å². The van der Waals surface area contributed by atoms with Gasteiger partial charge in [-0.15, -0.1) is 11.3 Å². The van der Waals surface area contributed by atoms with Crippen molar-refractivity contribution >= 4 is 31.2 Å². The second-order valence-corrected chi connectivity index (χ2v) is 10.3. The van der Waals surface area contributed by atoms with Crippen molar-refractivity contribution in [2.24, 2.45) is 0 Å². The van der Waals surface area contributed by atoms with Gasteiger partial charge in [0, 0.05) is 6.54 Å². The molecule has 2 aromatic rings. The highest BCUT2D eigenvalue weighted by atomic mass is 32.2. The van der Waals surface area contributed by atoms with Crippen LogP contribution in [0.5, 0.6) is 11.5 Å². The van der Waals surface area contributed by atoms with Crippen LogP contribution in [0, 0.1) is 0 Å². The number of ether oxygens (including phenoxy) is 2. The Balaban J connectivity index is 2.52. The lowest BCUT2D eigenvalue weighted by atomic mass is 10.1. The van der Waals surface area contributed by atoms with Gasteiger partial charge < -0.3 is 9.47 Å². The molecule has 7 nitrogen and oxygen atoms in total. The molecule has 0 aliphatic carbocycles. The van der Waals surface area contributed by atoms with E-state index in [2.05, 4.69) is 4.72 Å². The molecule has 1 heterocycles. The van der Waals surface area contributed by atoms with E-state index in [0.29, 0.717) is 17.1 Å². The number of thiophene rings is 1. The van der Waals surface area contributed by atoms with E-state index < -0.39 is 25.1 Å². The first-order valence-electron chi connectivity index (χ1n) is 7.13. The molecule has 0 bridgehead atoms. The minimum absolute atomic E-state index is 0.169. The summed E-state index contributed by atoms with van der Waals surface area (Å²) in [5, 5.41) is 0.559. The lowest BCUT2D eigenvalue weighted by Crippen LogP contribution is -2.31. The fraction of sp³-hybridized carbons (Fsp3) is 0.333. The minimum Gasteiger partial charge on any atom is -0.493 e. The number of nitrogens with one attached hydrogen (secondary N) is 1. The van der Waals surface area contributed by atoms with Gasteiger partial charge in [-0.1, -0.05) is 12.1 Å². The van der Waals surface area contributed by atoms with Crippen molar-refractivity contribution in [3.05, 3.63) is 41.3 Å². The molecule has 1 aromatic carbocycles. The van der Waals surface area contributed by atoms with E-state index in [1.165, 1.54) is 20.3 Å². The van der Waals surface area contributed by atoms with E-state index in [-0.39, 0.29) is 10.8 Å². The highest BCUT2D eigenvalue weighted by Gasteiger charge is 2.31. The molecule has 0 fully saturated rings. The maximum atomic E-state index is 13.0. The van der Waals surface area contributed by atoms with E-state index in [0.717, 1.165) is 17.6 Å². The van der Waals surface area contributed by atoms with Crippen molar-refractivity contribution in [3.8, 4) is 11.5 Å². The lowest BCUT2D eigenvalue weighted by Gasteiger charge is -2.19. The second-order valence-electron chi connectivity index (χ2n) is 5.20. The molecule has 0 aliphatic heterocycles. The third kappa shape index (κ3) is 4.72. The SMILES string of the molecule is COc1ccc([C@@H](CNS(C)(=O)=O)S(=O)(=O)c2cccs2)cc1OC. The average molecular weight is 406 g/mol. The molecule has 0 unspecified atom stereocenters. The molecule has 0 spiro atoms. The number of sulfonamides is 1. The molecule has 0 saturated carbocycles. The van der Waals surface area contributed by atoms with Crippen molar-refractivity contribution in [1.29, 1.82) is 0 Å². The van der Waals surface area contributed by atoms with Crippen molar-refractivity contribution in [1.82, 2.24) is 4.72 Å². The van der Waals surface area contributed by atoms with Crippen LogP contribution in [-0.4, -0.2) is 43.9 Å². The van der Waals surface area contributed by atoms with Gasteiger partial charge in [-0.3, -0.25) is 0 Å². The van der Waals surface area contributed by atoms with Crippen LogP contribution in [0.25, 0.3) is 0 Å². The minimum atomic E-state index is -3.78. The van der Waals surface area contributed by atoms with Gasteiger partial charge >= 0.3 is 0 Å². The van der Waals surface area contributed by atoms with Crippen LogP contribution >= 0.6 is 11.3 Å². The summed E-state index contributed by atoms with van der Waals surface area (Å²) >= 11 is 1.08. The monoisotopic (exact) mass is 405 g/mol. The predicted octanol–water partition coefficient (Wildman–Crippen LogP) is 1.83. The Morgan fingerprint density at radius 3 is 2.28 bits per heavy atom. The molecule has 1 N–H and O–H groups in total. The van der Waals surface area contributed by atoms with Crippen LogP contribution in [0.1, 0.15) is 10.8 Å². The zero-order valence-electron chi connectivity index (χ0n) is 13.9. The van der Waals surface area contributed by atoms with Gasteiger partial charge in [0.15, 0.2) is 21.3 Å². The van der Waals surface area contributed by atoms with Crippen molar-refractivity contribution in [2.75, 3.05) is 27.0 Å². The van der Waals surface area contributed by atoms with Crippen LogP contribution in [-0.2, 0) is 19.9 Å². The van der Waals surface area contributed by atoms with Crippen molar-refractivity contribution < 1.29 is 26.3 Å². The smallest absolute Gasteiger partial charge is 0.208 e. The van der Waals surface area contributed by atoms with Crippen LogP contribution in [0.3, 0.4) is 0 Å². The summed E-state index contributed by atoms with van der Waals surface area (Å²) in [7, 11) is -4.42. The van der Waals surface area contributed by atoms with Crippen molar-refractivity contribution in [3.63, 3.8) is 0 Å². The normalized spacial score (nSPS) is 13.4. The largest absolute Gasteiger partial charge is 0.493 e. The van der Waals surface area contributed by atoms with Crippen LogP contribution in [0.2, 0.25) is 0 Å². The van der Waals surface area contributed by atoms with Gasteiger partial charge in [-0.25, -0.2) is 21.6 Å². The van der Waals surface area contributed by atoms with E-state index in [1.54, 1.807) is 29.6 Å². The molecule has 0 aliphatic rings. The van der Waals surface area contributed by atoms with Crippen LogP contribution < -0.4 is 14.2 Å². The molecular weight excluding hydrogens is 386 g/mol. The molecule has 1 atom stereocenters. The van der Waals surface area contributed by atoms with Crippen LogP contribution in [0.15, 0.2) is 39.9 Å². The Hall–Kier alpha value is -1.62. The molecule has 10 heteroatoms. The fourth-order valence-corrected chi connectivity index (χ4v) is 5.68. The highest BCUT2D eigenvalue weighted by molar-refractivity contribution is 7.93. The van der Waals surface area contributed by atoms with E-state index >= 15 is 0 Å². The zero-order chi connectivity index (χ0) is 18.7. The standard InChI is InChI=1S/C15H19NO6S3/c1-21-12-7-6-11(9-13(12)22-2)14(10-16-24(3,17)18)25(19,20)15-5-4-8-23-15/h4-9,14,16H,10H2,1-3H3/t14-/m1/s1. The summed E-state index contributed by atoms with van der Waals surface area (Å²) in [5.41, 5.74) is 0.405. The molecule has 0 amide bonds. The van der Waals surface area contributed by atoms with E-state index in [1.807, 2.05) is 0 Å². The molecule has 2 rings (SSSR count). The maximum absolute atomic E-state index is 13.0. The first-order chi connectivity index (χ1) is 11.7. The zero-order valence-corrected chi connectivity index (χ0v) is 16.4. The third-order valence-corrected chi connectivity index (χ3v) is 7.68. The first-order valence-corrected chi connectivity index (χ1v) is 11.4. The van der Waals surface area contributed by atoms with Gasteiger partial charge in [0.05, 0.1) is 20.5 Å². The van der Waals surface area contributed by atoms with E-state index in [9.17, 15) is 16.8 Å². The lowest BCUT2D eigenvalue weighted by molar-refractivity contribution is 0.354. The summed E-state index contributed by atoms with van der Waals surface area (Å²) < 4.78 is 61.7. The molecule has 0 radical (unpaired) electrons. The molecule has 0 saturated heterocycles. The summed E-state index contributed by atoms with van der Waals surface area (Å²) in [4.78, 5) is 0. The summed E-state index contributed by atoms with van der Waals surface area (Å²) in [6.07, 6.45) is 0.983. The Morgan fingerprint density at radius 1 is 1.08 bits per heavy atom. The number of methoxy groups -OCH3 is 2. The van der Waals surface area contributed by atoms with Gasteiger partial charge in [-0.05, 0) is 29.1 Å². The summed E-state index contributed by atoms with van der Waals surface area (Å²) in [6, 6.07) is 7.84. The van der Waals surface area contributed by atoms with Crippen molar-refractivity contribution in [2.45, 2.75) is 9.46 Å². The van der Waals surface area contributed by atoms with Gasteiger partial charge in [-0.2, -0.15) is 0 Å². The second kappa shape index (κ2) is 7.73. The predicted molar refractivity (Wildman–Crippen MR) is 96.6 cm³/mol. The number of benzene rings is 1. The fourth-order valence-electron chi connectivity index (χ4n) is 2.25. The Labute approximate surface area is 151 Å². The first kappa shape index (κ1) is 19.7. The molecule has 1 aromatic heterocycles. The molecule has 25 heavy (non-hydrogen) atoms. The topological polar surface area (TPSA) is 98.8 Å². The summed E-state index contributed by atoms with van der Waals surface area (Å²) in [6.45, 7) is -0.283. The average Bonchev–Trinajstić information content (AvgIpc) is 3.08. The van der Waals surface area contributed by atoms with E-state index in [4.69, 9.17) is 9.47 Å². The molecular formula is C15H19NO6S3. The third-order valence-electron chi connectivity index (χ3n) is 3.46. The quantitative estimate of drug-likeness (QED) is 0.719. The summed E-state index contributed by atoms with van der Waals surface area (Å²) in [5.74, 6) is 0.820. The maximum Gasteiger partial charge on any atom is 0.208 e. The van der Waals surface area contributed by atoms with Crippen LogP contribution in [0.4, 0.5) is 0 Å². The number of rotatable bonds is 8. The number of sulfone groups is 1. The highest BCUT2D eigenvalue weighted by Crippen LogP contribution is 2.36. The van der Waals surface area contributed by atoms with Gasteiger partial charge in [0.1, 0.15) is 9.46 Å². The Bertz CT molecular complexity index is 920. The number of hydrogen-bond acceptors (Lipinski definition) is 7.